The van der Waals surface area contributed by atoms with Gasteiger partial charge in [-0.05, 0) is 24.3 Å². The fourth-order valence-electron chi connectivity index (χ4n) is 2.04. The first kappa shape index (κ1) is 14.4. The van der Waals surface area contributed by atoms with Crippen LogP contribution >= 0.6 is 11.8 Å². The molecule has 0 aliphatic carbocycles. The fourth-order valence-corrected chi connectivity index (χ4v) is 3.14. The molecule has 0 amide bonds. The van der Waals surface area contributed by atoms with Crippen molar-refractivity contribution in [3.8, 4) is 0 Å². The molecule has 0 unspecified atom stereocenters. The Morgan fingerprint density at radius 1 is 1.16 bits per heavy atom. The van der Waals surface area contributed by atoms with E-state index in [-0.39, 0.29) is 5.41 Å². The summed E-state index contributed by atoms with van der Waals surface area (Å²) in [5, 5.41) is 6.69. The van der Waals surface area contributed by atoms with Gasteiger partial charge in [0.2, 0.25) is 0 Å². The molecule has 2 rings (SSSR count). The Hall–Kier alpha value is -0.970. The average molecular weight is 280 g/mol. The second-order valence-corrected chi connectivity index (χ2v) is 7.22. The molecule has 0 saturated carbocycles. The Bertz CT molecular complexity index is 422. The summed E-state index contributed by atoms with van der Waals surface area (Å²) >= 11 is 2.04. The molecule has 1 fully saturated rings. The molecule has 0 radical (unpaired) electrons. The van der Waals surface area contributed by atoms with Crippen LogP contribution in [0.25, 0.3) is 0 Å². The van der Waals surface area contributed by atoms with Gasteiger partial charge in [0.25, 0.3) is 0 Å². The molecule has 1 aromatic heterocycles. The molecular formula is C14H24N4S. The van der Waals surface area contributed by atoms with Crippen LogP contribution < -0.4 is 10.6 Å². The number of anilines is 2. The predicted molar refractivity (Wildman–Crippen MR) is 84.2 cm³/mol. The molecule has 2 N–H and O–H groups in total. The first-order valence-corrected chi connectivity index (χ1v) is 8.06. The number of hydrogen-bond acceptors (Lipinski definition) is 5. The molecule has 106 valence electrons. The summed E-state index contributed by atoms with van der Waals surface area (Å²) in [5.41, 5.74) is -0.0360. The summed E-state index contributed by atoms with van der Waals surface area (Å²) in [6.45, 7) is 6.43. The maximum atomic E-state index is 4.68. The van der Waals surface area contributed by atoms with E-state index < -0.39 is 0 Å². The standard InChI is InChI=1S/C14H24N4S/c1-14(2,3)13-17-11(15-4)9-12(18-13)16-10-5-7-19-8-6-10/h9-10H,5-8H2,1-4H3,(H2,15,16,17,18). The molecule has 5 heteroatoms. The Kier molecular flexibility index (Phi) is 4.55. The lowest BCUT2D eigenvalue weighted by Crippen LogP contribution is -2.26. The maximum absolute atomic E-state index is 4.68. The van der Waals surface area contributed by atoms with E-state index in [1.165, 1.54) is 24.3 Å². The molecule has 1 saturated heterocycles. The van der Waals surface area contributed by atoms with Crippen LogP contribution in [0.1, 0.15) is 39.4 Å². The third-order valence-corrected chi connectivity index (χ3v) is 4.28. The van der Waals surface area contributed by atoms with Crippen LogP contribution in [0, 0.1) is 0 Å². The molecule has 2 heterocycles. The number of nitrogens with one attached hydrogen (secondary N) is 2. The fraction of sp³-hybridized carbons (Fsp3) is 0.714. The van der Waals surface area contributed by atoms with E-state index in [9.17, 15) is 0 Å². The molecule has 19 heavy (non-hydrogen) atoms. The van der Waals surface area contributed by atoms with Crippen molar-refractivity contribution in [3.05, 3.63) is 11.9 Å². The highest BCUT2D eigenvalue weighted by molar-refractivity contribution is 7.99. The van der Waals surface area contributed by atoms with Gasteiger partial charge in [-0.15, -0.1) is 0 Å². The summed E-state index contributed by atoms with van der Waals surface area (Å²) in [5.74, 6) is 5.20. The van der Waals surface area contributed by atoms with Crippen molar-refractivity contribution in [1.29, 1.82) is 0 Å². The highest BCUT2D eigenvalue weighted by Gasteiger charge is 2.20. The van der Waals surface area contributed by atoms with Gasteiger partial charge < -0.3 is 10.6 Å². The number of nitrogens with zero attached hydrogens (tertiary/aromatic N) is 2. The lowest BCUT2D eigenvalue weighted by molar-refractivity contribution is 0.545. The molecule has 1 aliphatic rings. The third kappa shape index (κ3) is 4.00. The second-order valence-electron chi connectivity index (χ2n) is 5.99. The summed E-state index contributed by atoms with van der Waals surface area (Å²) in [6.07, 6.45) is 2.43. The van der Waals surface area contributed by atoms with Crippen molar-refractivity contribution in [3.63, 3.8) is 0 Å². The summed E-state index contributed by atoms with van der Waals surface area (Å²) in [7, 11) is 1.90. The zero-order valence-electron chi connectivity index (χ0n) is 12.3. The second kappa shape index (κ2) is 5.99. The van der Waals surface area contributed by atoms with Gasteiger partial charge in [-0.2, -0.15) is 11.8 Å². The Morgan fingerprint density at radius 2 is 1.79 bits per heavy atom. The minimum Gasteiger partial charge on any atom is -0.373 e. The van der Waals surface area contributed by atoms with Crippen LogP contribution in [0.15, 0.2) is 6.07 Å². The topological polar surface area (TPSA) is 49.8 Å². The Labute approximate surface area is 120 Å². The molecule has 1 aromatic rings. The van der Waals surface area contributed by atoms with Gasteiger partial charge in [0, 0.05) is 24.6 Å². The van der Waals surface area contributed by atoms with Gasteiger partial charge in [-0.3, -0.25) is 0 Å². The Morgan fingerprint density at radius 3 is 2.37 bits per heavy atom. The van der Waals surface area contributed by atoms with E-state index in [2.05, 4.69) is 41.4 Å². The van der Waals surface area contributed by atoms with Gasteiger partial charge in [0.05, 0.1) is 0 Å². The largest absolute Gasteiger partial charge is 0.373 e. The lowest BCUT2D eigenvalue weighted by Gasteiger charge is -2.24. The van der Waals surface area contributed by atoms with E-state index in [1.807, 2.05) is 24.9 Å². The van der Waals surface area contributed by atoms with Crippen molar-refractivity contribution < 1.29 is 0 Å². The average Bonchev–Trinajstić information content (AvgIpc) is 2.38. The van der Waals surface area contributed by atoms with Crippen molar-refractivity contribution in [1.82, 2.24) is 9.97 Å². The predicted octanol–water partition coefficient (Wildman–Crippen LogP) is 3.12. The monoisotopic (exact) mass is 280 g/mol. The number of thioether (sulfide) groups is 1. The van der Waals surface area contributed by atoms with Gasteiger partial charge in [0.15, 0.2) is 0 Å². The lowest BCUT2D eigenvalue weighted by atomic mass is 9.96. The SMILES string of the molecule is CNc1cc(NC2CCSCC2)nc(C(C)(C)C)n1. The van der Waals surface area contributed by atoms with E-state index in [1.54, 1.807) is 0 Å². The minimum absolute atomic E-state index is 0.0360. The maximum Gasteiger partial charge on any atom is 0.138 e. The molecule has 0 bridgehead atoms. The zero-order valence-corrected chi connectivity index (χ0v) is 13.1. The van der Waals surface area contributed by atoms with Crippen molar-refractivity contribution in [2.24, 2.45) is 0 Å². The van der Waals surface area contributed by atoms with E-state index in [4.69, 9.17) is 0 Å². The molecule has 0 aromatic carbocycles. The van der Waals surface area contributed by atoms with Crippen molar-refractivity contribution >= 4 is 23.4 Å². The summed E-state index contributed by atoms with van der Waals surface area (Å²) in [6, 6.07) is 2.55. The highest BCUT2D eigenvalue weighted by Crippen LogP contribution is 2.24. The number of hydrogen-bond donors (Lipinski definition) is 2. The van der Waals surface area contributed by atoms with Crippen LogP contribution in [0.4, 0.5) is 11.6 Å². The quantitative estimate of drug-likeness (QED) is 0.891. The van der Waals surface area contributed by atoms with Crippen LogP contribution in [0.2, 0.25) is 0 Å². The zero-order chi connectivity index (χ0) is 13.9. The Balaban J connectivity index is 2.19. The normalized spacial score (nSPS) is 17.3. The van der Waals surface area contributed by atoms with E-state index in [0.29, 0.717) is 6.04 Å². The van der Waals surface area contributed by atoms with E-state index in [0.717, 1.165) is 17.5 Å². The van der Waals surface area contributed by atoms with Crippen molar-refractivity contribution in [2.45, 2.75) is 45.1 Å². The number of rotatable bonds is 3. The van der Waals surface area contributed by atoms with Gasteiger partial charge in [-0.25, -0.2) is 9.97 Å². The molecule has 0 spiro atoms. The van der Waals surface area contributed by atoms with Crippen LogP contribution in [-0.4, -0.2) is 34.6 Å². The van der Waals surface area contributed by atoms with Gasteiger partial charge in [-0.1, -0.05) is 20.8 Å². The molecule has 0 atom stereocenters. The summed E-state index contributed by atoms with van der Waals surface area (Å²) in [4.78, 5) is 9.23. The van der Waals surface area contributed by atoms with E-state index >= 15 is 0 Å². The highest BCUT2D eigenvalue weighted by atomic mass is 32.2. The molecular weight excluding hydrogens is 256 g/mol. The minimum atomic E-state index is -0.0360. The summed E-state index contributed by atoms with van der Waals surface area (Å²) < 4.78 is 0. The van der Waals surface area contributed by atoms with Crippen LogP contribution in [-0.2, 0) is 5.41 Å². The molecule has 1 aliphatic heterocycles. The van der Waals surface area contributed by atoms with Crippen LogP contribution in [0.3, 0.4) is 0 Å². The molecule has 4 nitrogen and oxygen atoms in total. The third-order valence-electron chi connectivity index (χ3n) is 3.23. The van der Waals surface area contributed by atoms with Crippen LogP contribution in [0.5, 0.6) is 0 Å². The van der Waals surface area contributed by atoms with Gasteiger partial charge >= 0.3 is 0 Å². The van der Waals surface area contributed by atoms with Crippen molar-refractivity contribution in [2.75, 3.05) is 29.2 Å². The first-order valence-electron chi connectivity index (χ1n) is 6.90. The first-order chi connectivity index (χ1) is 8.99. The smallest absolute Gasteiger partial charge is 0.138 e. The number of aromatic nitrogens is 2. The van der Waals surface area contributed by atoms with Gasteiger partial charge in [0.1, 0.15) is 17.5 Å².